The number of rotatable bonds is 5. The van der Waals surface area contributed by atoms with Crippen LogP contribution in [0.15, 0.2) is 73.0 Å². The van der Waals surface area contributed by atoms with Crippen molar-refractivity contribution in [3.63, 3.8) is 0 Å². The van der Waals surface area contributed by atoms with E-state index in [4.69, 9.17) is 9.16 Å². The molecule has 0 spiro atoms. The van der Waals surface area contributed by atoms with Gasteiger partial charge in [-0.2, -0.15) is 0 Å². The van der Waals surface area contributed by atoms with Gasteiger partial charge in [0.25, 0.3) is 9.04 Å². The van der Waals surface area contributed by atoms with Gasteiger partial charge in [0.1, 0.15) is 6.61 Å². The molecule has 0 bridgehead atoms. The van der Waals surface area contributed by atoms with Crippen LogP contribution >= 0.6 is 0 Å². The zero-order valence-electron chi connectivity index (χ0n) is 15.0. The SMILES string of the molecule is CC(C)(C)C1C=COC1(CO)O[Si](c1ccccc1)c1ccccc1. The Morgan fingerprint density at radius 2 is 1.52 bits per heavy atom. The van der Waals surface area contributed by atoms with Gasteiger partial charge in [-0.1, -0.05) is 81.4 Å². The van der Waals surface area contributed by atoms with Gasteiger partial charge in [0.05, 0.1) is 12.2 Å². The highest BCUT2D eigenvalue weighted by Crippen LogP contribution is 2.42. The van der Waals surface area contributed by atoms with Crippen molar-refractivity contribution in [1.82, 2.24) is 0 Å². The number of aliphatic hydroxyl groups excluding tert-OH is 1. The summed E-state index contributed by atoms with van der Waals surface area (Å²) in [5.41, 5.74) is -0.0872. The van der Waals surface area contributed by atoms with E-state index in [2.05, 4.69) is 45.0 Å². The van der Waals surface area contributed by atoms with E-state index < -0.39 is 14.8 Å². The Labute approximate surface area is 151 Å². The predicted octanol–water partition coefficient (Wildman–Crippen LogP) is 2.70. The molecule has 4 heteroatoms. The van der Waals surface area contributed by atoms with Gasteiger partial charge in [0, 0.05) is 0 Å². The summed E-state index contributed by atoms with van der Waals surface area (Å²) < 4.78 is 12.5. The van der Waals surface area contributed by atoms with Gasteiger partial charge < -0.3 is 14.3 Å². The van der Waals surface area contributed by atoms with Crippen molar-refractivity contribution in [2.45, 2.75) is 26.6 Å². The normalized spacial score (nSPS) is 23.0. The Morgan fingerprint density at radius 1 is 1.00 bits per heavy atom. The molecular formula is C21H25O3Si. The van der Waals surface area contributed by atoms with Gasteiger partial charge >= 0.3 is 0 Å². The molecular weight excluding hydrogens is 328 g/mol. The molecule has 3 nitrogen and oxygen atoms in total. The first-order valence-electron chi connectivity index (χ1n) is 8.58. The van der Waals surface area contributed by atoms with Crippen molar-refractivity contribution in [1.29, 1.82) is 0 Å². The van der Waals surface area contributed by atoms with Crippen LogP contribution in [0.3, 0.4) is 0 Å². The van der Waals surface area contributed by atoms with E-state index in [1.807, 2.05) is 42.5 Å². The number of hydrogen-bond donors (Lipinski definition) is 1. The fourth-order valence-electron chi connectivity index (χ4n) is 3.29. The molecule has 0 amide bonds. The summed E-state index contributed by atoms with van der Waals surface area (Å²) in [7, 11) is -1.57. The Morgan fingerprint density at radius 3 is 1.96 bits per heavy atom. The van der Waals surface area contributed by atoms with Crippen LogP contribution in [-0.2, 0) is 9.16 Å². The summed E-state index contributed by atoms with van der Waals surface area (Å²) in [6.07, 6.45) is 3.67. The van der Waals surface area contributed by atoms with Crippen LogP contribution < -0.4 is 10.4 Å². The predicted molar refractivity (Wildman–Crippen MR) is 102 cm³/mol. The molecule has 2 aromatic carbocycles. The fourth-order valence-corrected chi connectivity index (χ4v) is 5.44. The lowest BCUT2D eigenvalue weighted by molar-refractivity contribution is -0.201. The van der Waals surface area contributed by atoms with Gasteiger partial charge in [-0.3, -0.25) is 0 Å². The van der Waals surface area contributed by atoms with Crippen LogP contribution in [0, 0.1) is 11.3 Å². The summed E-state index contributed by atoms with van der Waals surface area (Å²) in [4.78, 5) is 0. The molecule has 0 saturated heterocycles. The second kappa shape index (κ2) is 7.16. The molecule has 2 aromatic rings. The number of ether oxygens (including phenoxy) is 1. The standard InChI is InChI=1S/C21H25O3Si/c1-20(2,3)19-14-15-23-21(19,16-22)24-25(17-10-6-4-7-11-17)18-12-8-5-9-13-18/h4-15,19,22H,16H2,1-3H3. The molecule has 1 N–H and O–H groups in total. The van der Waals surface area contributed by atoms with Gasteiger partial charge in [0.2, 0.25) is 5.79 Å². The van der Waals surface area contributed by atoms with Crippen molar-refractivity contribution in [3.8, 4) is 0 Å². The zero-order valence-corrected chi connectivity index (χ0v) is 16.0. The average Bonchev–Trinajstić information content (AvgIpc) is 3.06. The van der Waals surface area contributed by atoms with Crippen molar-refractivity contribution >= 4 is 19.4 Å². The van der Waals surface area contributed by atoms with Crippen molar-refractivity contribution in [3.05, 3.63) is 73.0 Å². The third-order valence-electron chi connectivity index (χ3n) is 4.51. The van der Waals surface area contributed by atoms with Crippen LogP contribution in [0.2, 0.25) is 0 Å². The molecule has 2 unspecified atom stereocenters. The molecule has 1 aliphatic rings. The van der Waals surface area contributed by atoms with Crippen molar-refractivity contribution in [2.24, 2.45) is 11.3 Å². The molecule has 0 fully saturated rings. The van der Waals surface area contributed by atoms with Gasteiger partial charge in [-0.15, -0.1) is 0 Å². The first kappa shape index (κ1) is 17.9. The third-order valence-corrected chi connectivity index (χ3v) is 6.78. The minimum Gasteiger partial charge on any atom is -0.468 e. The maximum atomic E-state index is 10.2. The topological polar surface area (TPSA) is 38.7 Å². The van der Waals surface area contributed by atoms with Gasteiger partial charge in [-0.25, -0.2) is 0 Å². The fraction of sp³-hybridized carbons (Fsp3) is 0.333. The lowest BCUT2D eigenvalue weighted by Gasteiger charge is -2.41. The van der Waals surface area contributed by atoms with Crippen LogP contribution in [0.4, 0.5) is 0 Å². The number of benzene rings is 2. The van der Waals surface area contributed by atoms with Crippen molar-refractivity contribution in [2.75, 3.05) is 6.61 Å². The van der Waals surface area contributed by atoms with E-state index >= 15 is 0 Å². The largest absolute Gasteiger partial charge is 0.468 e. The summed E-state index contributed by atoms with van der Waals surface area (Å²) in [6, 6.07) is 20.4. The lowest BCUT2D eigenvalue weighted by atomic mass is 9.76. The lowest BCUT2D eigenvalue weighted by Crippen LogP contribution is -2.57. The van der Waals surface area contributed by atoms with Crippen LogP contribution in [-0.4, -0.2) is 26.5 Å². The van der Waals surface area contributed by atoms with E-state index in [0.29, 0.717) is 0 Å². The Kier molecular flexibility index (Phi) is 5.13. The van der Waals surface area contributed by atoms with E-state index in [-0.39, 0.29) is 17.9 Å². The van der Waals surface area contributed by atoms with Crippen LogP contribution in [0.5, 0.6) is 0 Å². The van der Waals surface area contributed by atoms with E-state index in [9.17, 15) is 5.11 Å². The molecule has 0 aliphatic carbocycles. The number of hydrogen-bond acceptors (Lipinski definition) is 3. The first-order chi connectivity index (χ1) is 12.0. The Balaban J connectivity index is 2.00. The van der Waals surface area contributed by atoms with E-state index in [0.717, 1.165) is 10.4 Å². The molecule has 3 rings (SSSR count). The highest BCUT2D eigenvalue weighted by Gasteiger charge is 2.50. The van der Waals surface area contributed by atoms with Crippen LogP contribution in [0.25, 0.3) is 0 Å². The molecule has 1 radical (unpaired) electrons. The van der Waals surface area contributed by atoms with E-state index in [1.54, 1.807) is 6.26 Å². The summed E-state index contributed by atoms with van der Waals surface area (Å²) in [5, 5.41) is 12.5. The van der Waals surface area contributed by atoms with Gasteiger partial charge in [0.15, 0.2) is 0 Å². The highest BCUT2D eigenvalue weighted by atomic mass is 28.3. The maximum Gasteiger partial charge on any atom is 0.287 e. The quantitative estimate of drug-likeness (QED) is 0.840. The second-order valence-corrected chi connectivity index (χ2v) is 9.44. The number of aliphatic hydroxyl groups is 1. The summed E-state index contributed by atoms with van der Waals surface area (Å²) in [5.74, 6) is -1.07. The molecule has 131 valence electrons. The molecule has 0 aromatic heterocycles. The highest BCUT2D eigenvalue weighted by molar-refractivity contribution is 6.80. The minimum absolute atomic E-state index is 0.0302. The van der Waals surface area contributed by atoms with E-state index in [1.165, 1.54) is 0 Å². The molecule has 25 heavy (non-hydrogen) atoms. The van der Waals surface area contributed by atoms with Gasteiger partial charge in [-0.05, 0) is 21.9 Å². The molecule has 1 heterocycles. The smallest absolute Gasteiger partial charge is 0.287 e. The third kappa shape index (κ3) is 3.71. The average molecular weight is 354 g/mol. The van der Waals surface area contributed by atoms with Crippen molar-refractivity contribution < 1.29 is 14.3 Å². The molecule has 1 aliphatic heterocycles. The first-order valence-corrected chi connectivity index (χ1v) is 9.99. The maximum absolute atomic E-state index is 10.2. The summed E-state index contributed by atoms with van der Waals surface area (Å²) in [6.45, 7) is 6.24. The second-order valence-electron chi connectivity index (χ2n) is 7.42. The molecule has 2 atom stereocenters. The molecule has 0 saturated carbocycles. The Bertz CT molecular complexity index is 669. The minimum atomic E-state index is -1.57. The monoisotopic (exact) mass is 353 g/mol. The Hall–Kier alpha value is -1.88. The summed E-state index contributed by atoms with van der Waals surface area (Å²) >= 11 is 0. The zero-order chi connectivity index (χ0) is 17.9. The van der Waals surface area contributed by atoms with Crippen LogP contribution in [0.1, 0.15) is 20.8 Å².